The Morgan fingerprint density at radius 3 is 2.44 bits per heavy atom. The van der Waals surface area contributed by atoms with Crippen molar-refractivity contribution in [3.63, 3.8) is 0 Å². The molecule has 3 rings (SSSR count). The molecule has 0 unspecified atom stereocenters. The average Bonchev–Trinajstić information content (AvgIpc) is 2.67. The summed E-state index contributed by atoms with van der Waals surface area (Å²) in [5.74, 6) is 0.855. The normalized spacial score (nSPS) is 10.3. The number of nitriles is 1. The summed E-state index contributed by atoms with van der Waals surface area (Å²) >= 11 is 3.57. The number of hydrogen-bond donors (Lipinski definition) is 0. The molecule has 0 bridgehead atoms. The maximum Gasteiger partial charge on any atom is 0.127 e. The summed E-state index contributed by atoms with van der Waals surface area (Å²) in [6.45, 7) is 2.63. The second-order valence-electron chi connectivity index (χ2n) is 5.75. The largest absolute Gasteiger partial charge is 0.488 e. The lowest BCUT2D eigenvalue weighted by Crippen LogP contribution is -1.98. The van der Waals surface area contributed by atoms with Crippen molar-refractivity contribution < 1.29 is 4.74 Å². The number of nitrogens with zero attached hydrogens (tertiary/aromatic N) is 1. The van der Waals surface area contributed by atoms with E-state index in [1.807, 2.05) is 36.4 Å². The Morgan fingerprint density at radius 1 is 0.960 bits per heavy atom. The fourth-order valence-electron chi connectivity index (χ4n) is 2.77. The quantitative estimate of drug-likeness (QED) is 0.523. The first kappa shape index (κ1) is 17.3. The molecule has 0 aliphatic carbocycles. The lowest BCUT2D eigenvalue weighted by Gasteiger charge is -2.15. The highest BCUT2D eigenvalue weighted by molar-refractivity contribution is 9.10. The minimum atomic E-state index is 0.467. The van der Waals surface area contributed by atoms with E-state index in [9.17, 15) is 0 Å². The summed E-state index contributed by atoms with van der Waals surface area (Å²) in [7, 11) is 0. The SMILES string of the molecule is CCc1ccccc1-c1cc(Br)ccc1OCc1ccc(C#N)cc1. The van der Waals surface area contributed by atoms with Gasteiger partial charge in [0.1, 0.15) is 12.4 Å². The second kappa shape index (κ2) is 8.00. The van der Waals surface area contributed by atoms with Crippen molar-refractivity contribution in [3.05, 3.63) is 87.9 Å². The van der Waals surface area contributed by atoms with Crippen LogP contribution in [0, 0.1) is 11.3 Å². The van der Waals surface area contributed by atoms with E-state index in [1.54, 1.807) is 0 Å². The highest BCUT2D eigenvalue weighted by Crippen LogP contribution is 2.35. The molecular weight excluding hydrogens is 374 g/mol. The van der Waals surface area contributed by atoms with Gasteiger partial charge < -0.3 is 4.74 Å². The van der Waals surface area contributed by atoms with Crippen molar-refractivity contribution in [3.8, 4) is 22.9 Å². The molecule has 0 aliphatic heterocycles. The van der Waals surface area contributed by atoms with Gasteiger partial charge in [-0.15, -0.1) is 0 Å². The number of ether oxygens (including phenoxy) is 1. The van der Waals surface area contributed by atoms with Gasteiger partial charge in [0.2, 0.25) is 0 Å². The first-order valence-electron chi connectivity index (χ1n) is 8.21. The van der Waals surface area contributed by atoms with Gasteiger partial charge in [-0.3, -0.25) is 0 Å². The minimum absolute atomic E-state index is 0.467. The molecule has 0 saturated heterocycles. The van der Waals surface area contributed by atoms with Crippen LogP contribution in [-0.2, 0) is 13.0 Å². The summed E-state index contributed by atoms with van der Waals surface area (Å²) in [4.78, 5) is 0. The van der Waals surface area contributed by atoms with E-state index in [2.05, 4.69) is 59.3 Å². The van der Waals surface area contributed by atoms with Crippen LogP contribution in [0.1, 0.15) is 23.6 Å². The van der Waals surface area contributed by atoms with Gasteiger partial charge in [-0.1, -0.05) is 59.3 Å². The Kier molecular flexibility index (Phi) is 5.53. The third kappa shape index (κ3) is 4.10. The third-order valence-electron chi connectivity index (χ3n) is 4.11. The zero-order valence-corrected chi connectivity index (χ0v) is 15.6. The first-order chi connectivity index (χ1) is 12.2. The highest BCUT2D eigenvalue weighted by Gasteiger charge is 2.11. The molecule has 0 heterocycles. The van der Waals surface area contributed by atoms with E-state index < -0.39 is 0 Å². The fourth-order valence-corrected chi connectivity index (χ4v) is 3.13. The lowest BCUT2D eigenvalue weighted by atomic mass is 9.97. The maximum absolute atomic E-state index is 8.89. The Morgan fingerprint density at radius 2 is 1.72 bits per heavy atom. The van der Waals surface area contributed by atoms with Crippen molar-refractivity contribution in [2.75, 3.05) is 0 Å². The van der Waals surface area contributed by atoms with Crippen LogP contribution in [0.2, 0.25) is 0 Å². The topological polar surface area (TPSA) is 33.0 Å². The molecule has 0 aliphatic rings. The monoisotopic (exact) mass is 391 g/mol. The van der Waals surface area contributed by atoms with Crippen LogP contribution in [0.25, 0.3) is 11.1 Å². The average molecular weight is 392 g/mol. The molecule has 3 aromatic carbocycles. The molecule has 124 valence electrons. The molecular formula is C22H18BrNO. The van der Waals surface area contributed by atoms with Crippen LogP contribution >= 0.6 is 15.9 Å². The molecule has 0 radical (unpaired) electrons. The Balaban J connectivity index is 1.90. The predicted octanol–water partition coefficient (Wildman–Crippen LogP) is 6.13. The zero-order valence-electron chi connectivity index (χ0n) is 14.0. The lowest BCUT2D eigenvalue weighted by molar-refractivity contribution is 0.307. The van der Waals surface area contributed by atoms with Crippen molar-refractivity contribution in [1.82, 2.24) is 0 Å². The summed E-state index contributed by atoms with van der Waals surface area (Å²) in [6.07, 6.45) is 0.970. The fraction of sp³-hybridized carbons (Fsp3) is 0.136. The molecule has 0 amide bonds. The van der Waals surface area contributed by atoms with Gasteiger partial charge in [0, 0.05) is 10.0 Å². The van der Waals surface area contributed by atoms with Crippen LogP contribution in [-0.4, -0.2) is 0 Å². The number of benzene rings is 3. The summed E-state index contributed by atoms with van der Waals surface area (Å²) in [5, 5.41) is 8.89. The first-order valence-corrected chi connectivity index (χ1v) is 9.00. The van der Waals surface area contributed by atoms with Crippen molar-refractivity contribution in [2.24, 2.45) is 0 Å². The van der Waals surface area contributed by atoms with Crippen LogP contribution in [0.4, 0.5) is 0 Å². The van der Waals surface area contributed by atoms with Gasteiger partial charge in [-0.05, 0) is 53.4 Å². The minimum Gasteiger partial charge on any atom is -0.488 e. The van der Waals surface area contributed by atoms with Gasteiger partial charge in [0.15, 0.2) is 0 Å². The van der Waals surface area contributed by atoms with Crippen LogP contribution in [0.3, 0.4) is 0 Å². The van der Waals surface area contributed by atoms with E-state index in [1.165, 1.54) is 11.1 Å². The molecule has 0 atom stereocenters. The van der Waals surface area contributed by atoms with E-state index >= 15 is 0 Å². The molecule has 3 aromatic rings. The van der Waals surface area contributed by atoms with Crippen molar-refractivity contribution >= 4 is 15.9 Å². The molecule has 0 aromatic heterocycles. The molecule has 0 N–H and O–H groups in total. The van der Waals surface area contributed by atoms with Crippen LogP contribution in [0.5, 0.6) is 5.75 Å². The number of aryl methyl sites for hydroxylation is 1. The van der Waals surface area contributed by atoms with Gasteiger partial charge in [-0.25, -0.2) is 0 Å². The number of halogens is 1. The standard InChI is InChI=1S/C22H18BrNO/c1-2-18-5-3-4-6-20(18)21-13-19(23)11-12-22(21)25-15-17-9-7-16(14-24)8-10-17/h3-13H,2,15H2,1H3. The van der Waals surface area contributed by atoms with Gasteiger partial charge >= 0.3 is 0 Å². The van der Waals surface area contributed by atoms with Crippen molar-refractivity contribution in [2.45, 2.75) is 20.0 Å². The van der Waals surface area contributed by atoms with Crippen LogP contribution < -0.4 is 4.74 Å². The second-order valence-corrected chi connectivity index (χ2v) is 6.66. The van der Waals surface area contributed by atoms with Gasteiger partial charge in [0.05, 0.1) is 11.6 Å². The van der Waals surface area contributed by atoms with E-state index in [4.69, 9.17) is 10.00 Å². The summed E-state index contributed by atoms with van der Waals surface area (Å²) in [5.41, 5.74) is 5.27. The molecule has 3 heteroatoms. The van der Waals surface area contributed by atoms with E-state index in [0.717, 1.165) is 27.8 Å². The maximum atomic E-state index is 8.89. The Labute approximate surface area is 156 Å². The number of rotatable bonds is 5. The third-order valence-corrected chi connectivity index (χ3v) is 4.60. The molecule has 0 fully saturated rings. The summed E-state index contributed by atoms with van der Waals surface area (Å²) in [6, 6.07) is 24.1. The molecule has 25 heavy (non-hydrogen) atoms. The zero-order chi connectivity index (χ0) is 17.6. The van der Waals surface area contributed by atoms with Crippen molar-refractivity contribution in [1.29, 1.82) is 5.26 Å². The Hall–Kier alpha value is -2.57. The molecule has 2 nitrogen and oxygen atoms in total. The highest BCUT2D eigenvalue weighted by atomic mass is 79.9. The molecule has 0 spiro atoms. The van der Waals surface area contributed by atoms with Gasteiger partial charge in [-0.2, -0.15) is 5.26 Å². The van der Waals surface area contributed by atoms with Gasteiger partial charge in [0.25, 0.3) is 0 Å². The van der Waals surface area contributed by atoms with E-state index in [-0.39, 0.29) is 0 Å². The Bertz CT molecular complexity index is 910. The predicted molar refractivity (Wildman–Crippen MR) is 104 cm³/mol. The van der Waals surface area contributed by atoms with E-state index in [0.29, 0.717) is 12.2 Å². The smallest absolute Gasteiger partial charge is 0.127 e. The number of hydrogen-bond acceptors (Lipinski definition) is 2. The van der Waals surface area contributed by atoms with Crippen LogP contribution in [0.15, 0.2) is 71.2 Å². The molecule has 0 saturated carbocycles. The summed E-state index contributed by atoms with van der Waals surface area (Å²) < 4.78 is 7.13.